The molecule has 3 N–H and O–H groups in total. The second kappa shape index (κ2) is 6.22. The van der Waals surface area contributed by atoms with Gasteiger partial charge in [0.05, 0.1) is 10.2 Å². The summed E-state index contributed by atoms with van der Waals surface area (Å²) in [6.07, 6.45) is 5.29. The van der Waals surface area contributed by atoms with Crippen molar-refractivity contribution in [2.24, 2.45) is 5.41 Å². The molecule has 0 aromatic heterocycles. The molecule has 0 radical (unpaired) electrons. The number of benzene rings is 1. The molecular weight excluding hydrogens is 359 g/mol. The lowest BCUT2D eigenvalue weighted by molar-refractivity contribution is 0.285. The van der Waals surface area contributed by atoms with Crippen LogP contribution in [0.1, 0.15) is 39.0 Å². The Labute approximate surface area is 133 Å². The molecule has 0 aliphatic heterocycles. The lowest BCUT2D eigenvalue weighted by atomic mass is 9.84. The van der Waals surface area contributed by atoms with Crippen molar-refractivity contribution in [2.75, 3.05) is 12.3 Å². The first kappa shape index (κ1) is 16.7. The lowest BCUT2D eigenvalue weighted by Gasteiger charge is -2.27. The second-order valence-corrected chi connectivity index (χ2v) is 8.28. The zero-order chi connectivity index (χ0) is 15.7. The van der Waals surface area contributed by atoms with E-state index in [0.29, 0.717) is 6.54 Å². The van der Waals surface area contributed by atoms with Gasteiger partial charge in [0.2, 0.25) is 10.0 Å². The van der Waals surface area contributed by atoms with Gasteiger partial charge < -0.3 is 5.73 Å². The number of anilines is 1. The van der Waals surface area contributed by atoms with Crippen LogP contribution < -0.4 is 10.5 Å². The summed E-state index contributed by atoms with van der Waals surface area (Å²) < 4.78 is 40.9. The van der Waals surface area contributed by atoms with Gasteiger partial charge in [-0.15, -0.1) is 0 Å². The zero-order valence-corrected chi connectivity index (χ0v) is 14.4. The summed E-state index contributed by atoms with van der Waals surface area (Å²) in [5.74, 6) is -0.577. The van der Waals surface area contributed by atoms with Crippen LogP contribution in [0, 0.1) is 11.2 Å². The Hall–Kier alpha value is -0.660. The summed E-state index contributed by atoms with van der Waals surface area (Å²) in [6, 6.07) is 2.23. The average Bonchev–Trinajstić information content (AvgIpc) is 2.90. The predicted molar refractivity (Wildman–Crippen MR) is 84.9 cm³/mol. The number of hydrogen-bond donors (Lipinski definition) is 2. The molecule has 0 saturated heterocycles. The van der Waals surface area contributed by atoms with Gasteiger partial charge in [0.1, 0.15) is 10.7 Å². The average molecular weight is 379 g/mol. The minimum absolute atomic E-state index is 0.0408. The van der Waals surface area contributed by atoms with E-state index < -0.39 is 15.8 Å². The molecule has 0 heterocycles. The molecule has 2 rings (SSSR count). The minimum Gasteiger partial charge on any atom is -0.398 e. The summed E-state index contributed by atoms with van der Waals surface area (Å²) in [6.45, 7) is 2.49. The van der Waals surface area contributed by atoms with Crippen LogP contribution in [0.2, 0.25) is 0 Å². The molecule has 1 saturated carbocycles. The SMILES string of the molecule is CCC1(CNS(=O)(=O)c2cc(Br)c(F)cc2N)CCCC1. The van der Waals surface area contributed by atoms with Gasteiger partial charge in [0, 0.05) is 6.54 Å². The third-order valence-electron chi connectivity index (χ3n) is 4.39. The quantitative estimate of drug-likeness (QED) is 0.770. The van der Waals surface area contributed by atoms with Crippen LogP contribution in [-0.4, -0.2) is 15.0 Å². The van der Waals surface area contributed by atoms with E-state index in [1.54, 1.807) is 0 Å². The summed E-state index contributed by atoms with van der Waals surface area (Å²) >= 11 is 2.99. The van der Waals surface area contributed by atoms with Crippen LogP contribution in [0.3, 0.4) is 0 Å². The molecule has 0 amide bonds. The van der Waals surface area contributed by atoms with Crippen LogP contribution >= 0.6 is 15.9 Å². The Bertz CT molecular complexity index is 628. The Balaban J connectivity index is 2.21. The normalized spacial score (nSPS) is 18.0. The second-order valence-electron chi connectivity index (χ2n) is 5.69. The first-order valence-electron chi connectivity index (χ1n) is 7.04. The molecule has 7 heteroatoms. The van der Waals surface area contributed by atoms with Crippen molar-refractivity contribution >= 4 is 31.6 Å². The highest BCUT2D eigenvalue weighted by Gasteiger charge is 2.33. The van der Waals surface area contributed by atoms with Gasteiger partial charge in [-0.1, -0.05) is 19.8 Å². The van der Waals surface area contributed by atoms with E-state index in [4.69, 9.17) is 5.73 Å². The smallest absolute Gasteiger partial charge is 0.242 e. The third kappa shape index (κ3) is 3.57. The molecule has 4 nitrogen and oxygen atoms in total. The first-order chi connectivity index (χ1) is 9.80. The number of sulfonamides is 1. The Kier molecular flexibility index (Phi) is 4.95. The van der Waals surface area contributed by atoms with Crippen LogP contribution in [0.5, 0.6) is 0 Å². The first-order valence-corrected chi connectivity index (χ1v) is 9.31. The van der Waals surface area contributed by atoms with E-state index in [1.807, 2.05) is 0 Å². The molecule has 0 unspecified atom stereocenters. The summed E-state index contributed by atoms with van der Waals surface area (Å²) in [7, 11) is -3.74. The van der Waals surface area contributed by atoms with E-state index in [2.05, 4.69) is 27.6 Å². The molecule has 1 fully saturated rings. The molecule has 0 atom stereocenters. The van der Waals surface area contributed by atoms with E-state index in [-0.39, 0.29) is 20.5 Å². The van der Waals surface area contributed by atoms with Crippen molar-refractivity contribution in [1.29, 1.82) is 0 Å². The van der Waals surface area contributed by atoms with E-state index in [0.717, 1.165) is 38.2 Å². The molecule has 21 heavy (non-hydrogen) atoms. The molecule has 1 aromatic rings. The van der Waals surface area contributed by atoms with Crippen molar-refractivity contribution in [3.8, 4) is 0 Å². The van der Waals surface area contributed by atoms with E-state index >= 15 is 0 Å². The van der Waals surface area contributed by atoms with E-state index in [1.165, 1.54) is 6.07 Å². The standard InChI is InChI=1S/C14H20BrFN2O2S/c1-2-14(5-3-4-6-14)9-18-21(19,20)13-7-10(15)11(16)8-12(13)17/h7-8,18H,2-6,9,17H2,1H3. The van der Waals surface area contributed by atoms with Gasteiger partial charge >= 0.3 is 0 Å². The monoisotopic (exact) mass is 378 g/mol. The summed E-state index contributed by atoms with van der Waals surface area (Å²) in [5, 5.41) is 0. The maximum Gasteiger partial charge on any atom is 0.242 e. The summed E-state index contributed by atoms with van der Waals surface area (Å²) in [5.41, 5.74) is 5.60. The van der Waals surface area contributed by atoms with Crippen molar-refractivity contribution in [3.05, 3.63) is 22.4 Å². The lowest BCUT2D eigenvalue weighted by Crippen LogP contribution is -2.35. The van der Waals surface area contributed by atoms with Gasteiger partial charge in [0.15, 0.2) is 0 Å². The topological polar surface area (TPSA) is 72.2 Å². The number of rotatable bonds is 5. The van der Waals surface area contributed by atoms with Crippen LogP contribution in [0.25, 0.3) is 0 Å². The molecule has 0 spiro atoms. The maximum atomic E-state index is 13.4. The van der Waals surface area contributed by atoms with Gasteiger partial charge in [-0.05, 0) is 52.7 Å². The largest absolute Gasteiger partial charge is 0.398 e. The molecule has 0 bridgehead atoms. The summed E-state index contributed by atoms with van der Waals surface area (Å²) in [4.78, 5) is -0.0833. The highest BCUT2D eigenvalue weighted by molar-refractivity contribution is 9.10. The van der Waals surface area contributed by atoms with Gasteiger partial charge in [-0.3, -0.25) is 0 Å². The fourth-order valence-electron chi connectivity index (χ4n) is 2.88. The van der Waals surface area contributed by atoms with Gasteiger partial charge in [0.25, 0.3) is 0 Å². The highest BCUT2D eigenvalue weighted by Crippen LogP contribution is 2.40. The minimum atomic E-state index is -3.74. The molecule has 1 aliphatic carbocycles. The number of halogens is 2. The molecule has 1 aliphatic rings. The van der Waals surface area contributed by atoms with E-state index in [9.17, 15) is 12.8 Å². The van der Waals surface area contributed by atoms with Crippen molar-refractivity contribution in [1.82, 2.24) is 4.72 Å². The maximum absolute atomic E-state index is 13.4. The molecular formula is C14H20BrFN2O2S. The molecule has 1 aromatic carbocycles. The van der Waals surface area contributed by atoms with Crippen LogP contribution in [0.4, 0.5) is 10.1 Å². The predicted octanol–water partition coefficient (Wildman–Crippen LogP) is 3.42. The number of nitrogen functional groups attached to an aromatic ring is 1. The van der Waals surface area contributed by atoms with Crippen molar-refractivity contribution in [3.63, 3.8) is 0 Å². The Morgan fingerprint density at radius 1 is 1.38 bits per heavy atom. The number of nitrogens with one attached hydrogen (secondary N) is 1. The number of hydrogen-bond acceptors (Lipinski definition) is 3. The Morgan fingerprint density at radius 2 is 2.00 bits per heavy atom. The molecule has 118 valence electrons. The fourth-order valence-corrected chi connectivity index (χ4v) is 4.67. The van der Waals surface area contributed by atoms with Crippen molar-refractivity contribution in [2.45, 2.75) is 43.9 Å². The van der Waals surface area contributed by atoms with Crippen LogP contribution in [-0.2, 0) is 10.0 Å². The number of nitrogens with two attached hydrogens (primary N) is 1. The highest BCUT2D eigenvalue weighted by atomic mass is 79.9. The van der Waals surface area contributed by atoms with Gasteiger partial charge in [-0.25, -0.2) is 17.5 Å². The van der Waals surface area contributed by atoms with Gasteiger partial charge in [-0.2, -0.15) is 0 Å². The third-order valence-corrected chi connectivity index (χ3v) is 6.46. The van der Waals surface area contributed by atoms with Crippen LogP contribution in [0.15, 0.2) is 21.5 Å². The Morgan fingerprint density at radius 3 is 2.57 bits per heavy atom. The fraction of sp³-hybridized carbons (Fsp3) is 0.571. The zero-order valence-electron chi connectivity index (χ0n) is 12.0. The van der Waals surface area contributed by atoms with Crippen molar-refractivity contribution < 1.29 is 12.8 Å².